The molecule has 1 aromatic heterocycles. The van der Waals surface area contributed by atoms with Gasteiger partial charge in [0.1, 0.15) is 0 Å². The first-order valence-electron chi connectivity index (χ1n) is 10.3. The summed E-state index contributed by atoms with van der Waals surface area (Å²) < 4.78 is 5.33. The van der Waals surface area contributed by atoms with E-state index < -0.39 is 6.10 Å². The number of nitrogens with zero attached hydrogens (tertiary/aromatic N) is 2. The molecule has 2 atom stereocenters. The lowest BCUT2D eigenvalue weighted by molar-refractivity contribution is -0.0143. The highest BCUT2D eigenvalue weighted by Crippen LogP contribution is 2.46. The number of H-pyrrole nitrogens is 1. The Hall–Kier alpha value is -1.83. The predicted octanol–water partition coefficient (Wildman–Crippen LogP) is 3.49. The molecule has 0 radical (unpaired) electrons. The fraction of sp³-hybridized carbons (Fsp3) is 0.619. The van der Waals surface area contributed by atoms with Gasteiger partial charge in [0, 0.05) is 30.1 Å². The van der Waals surface area contributed by atoms with Gasteiger partial charge in [0.15, 0.2) is 0 Å². The Kier molecular flexibility index (Phi) is 5.73. The lowest BCUT2D eigenvalue weighted by atomic mass is 9.68. The fourth-order valence-corrected chi connectivity index (χ4v) is 4.86. The van der Waals surface area contributed by atoms with Gasteiger partial charge in [-0.05, 0) is 48.3 Å². The van der Waals surface area contributed by atoms with Crippen molar-refractivity contribution in [2.45, 2.75) is 45.3 Å². The average Bonchev–Trinajstić information content (AvgIpc) is 3.38. The van der Waals surface area contributed by atoms with Crippen LogP contribution in [-0.4, -0.2) is 58.6 Å². The lowest BCUT2D eigenvalue weighted by Crippen LogP contribution is -2.49. The number of benzene rings is 1. The number of likely N-dealkylation sites (tertiary alicyclic amines) is 1. The minimum Gasteiger partial charge on any atom is -0.388 e. The average molecular weight is 421 g/mol. The van der Waals surface area contributed by atoms with E-state index in [9.17, 15) is 9.90 Å². The molecule has 1 aromatic carbocycles. The Morgan fingerprint density at radius 2 is 2.14 bits per heavy atom. The third-order valence-corrected chi connectivity index (χ3v) is 6.86. The first-order valence-corrected chi connectivity index (χ1v) is 10.7. The molecule has 29 heavy (non-hydrogen) atoms. The number of urea groups is 1. The summed E-state index contributed by atoms with van der Waals surface area (Å²) in [6.07, 6.45) is 3.65. The zero-order valence-electron chi connectivity index (χ0n) is 16.9. The number of aromatic amines is 1. The van der Waals surface area contributed by atoms with E-state index in [0.29, 0.717) is 31.3 Å². The normalized spacial score (nSPS) is 22.2. The van der Waals surface area contributed by atoms with E-state index >= 15 is 0 Å². The molecular formula is C21H29ClN4O3. The summed E-state index contributed by atoms with van der Waals surface area (Å²) in [7, 11) is 0. The highest BCUT2D eigenvalue weighted by molar-refractivity contribution is 6.31. The van der Waals surface area contributed by atoms with Gasteiger partial charge in [-0.15, -0.1) is 0 Å². The van der Waals surface area contributed by atoms with Crippen molar-refractivity contribution in [3.63, 3.8) is 0 Å². The van der Waals surface area contributed by atoms with E-state index in [1.807, 2.05) is 17.0 Å². The largest absolute Gasteiger partial charge is 0.388 e. The molecule has 2 saturated heterocycles. The minimum absolute atomic E-state index is 0.00717. The second-order valence-corrected chi connectivity index (χ2v) is 9.26. The quantitative estimate of drug-likeness (QED) is 0.706. The van der Waals surface area contributed by atoms with Gasteiger partial charge in [0.25, 0.3) is 0 Å². The highest BCUT2D eigenvalue weighted by atomic mass is 35.5. The molecule has 0 saturated carbocycles. The summed E-state index contributed by atoms with van der Waals surface area (Å²) in [5.41, 5.74) is 1.26. The third kappa shape index (κ3) is 4.09. The smallest absolute Gasteiger partial charge is 0.317 e. The number of carbonyl (C=O) groups is 1. The molecule has 7 nitrogen and oxygen atoms in total. The molecule has 0 bridgehead atoms. The van der Waals surface area contributed by atoms with E-state index in [1.165, 1.54) is 0 Å². The number of amides is 2. The molecule has 0 aliphatic carbocycles. The zero-order valence-corrected chi connectivity index (χ0v) is 17.7. The van der Waals surface area contributed by atoms with Crippen LogP contribution in [0.15, 0.2) is 18.3 Å². The van der Waals surface area contributed by atoms with Crippen LogP contribution in [0, 0.1) is 11.3 Å². The molecule has 158 valence electrons. The topological polar surface area (TPSA) is 90.5 Å². The molecule has 3 heterocycles. The van der Waals surface area contributed by atoms with E-state index in [-0.39, 0.29) is 23.4 Å². The molecule has 4 rings (SSSR count). The molecule has 2 aromatic rings. The molecule has 8 heteroatoms. The number of ether oxygens (including phenoxy) is 1. The molecule has 2 unspecified atom stereocenters. The first kappa shape index (κ1) is 20.4. The molecular weight excluding hydrogens is 392 g/mol. The Morgan fingerprint density at radius 1 is 1.38 bits per heavy atom. The van der Waals surface area contributed by atoms with Gasteiger partial charge in [-0.25, -0.2) is 4.79 Å². The van der Waals surface area contributed by atoms with Crippen molar-refractivity contribution in [3.05, 3.63) is 28.9 Å². The number of hydrogen-bond donors (Lipinski definition) is 3. The lowest BCUT2D eigenvalue weighted by Gasteiger charge is -2.43. The van der Waals surface area contributed by atoms with Crippen LogP contribution in [-0.2, 0) is 4.74 Å². The number of fused-ring (bicyclic) bond motifs is 1. The Labute approximate surface area is 175 Å². The molecule has 2 fully saturated rings. The number of hydrogen-bond acceptors (Lipinski definition) is 4. The van der Waals surface area contributed by atoms with Crippen molar-refractivity contribution in [1.29, 1.82) is 0 Å². The van der Waals surface area contributed by atoms with Gasteiger partial charge in [-0.1, -0.05) is 25.4 Å². The molecule has 2 amide bonds. The van der Waals surface area contributed by atoms with E-state index in [4.69, 9.17) is 16.3 Å². The maximum Gasteiger partial charge on any atom is 0.317 e. The number of rotatable bonds is 4. The number of carbonyl (C=O) groups excluding carboxylic acids is 1. The van der Waals surface area contributed by atoms with Gasteiger partial charge in [-0.3, -0.25) is 5.10 Å². The number of nitrogens with one attached hydrogen (secondary N) is 2. The van der Waals surface area contributed by atoms with Gasteiger partial charge < -0.3 is 20.1 Å². The van der Waals surface area contributed by atoms with Crippen molar-refractivity contribution >= 4 is 28.5 Å². The number of aliphatic hydroxyl groups excluding tert-OH is 1. The van der Waals surface area contributed by atoms with Gasteiger partial charge >= 0.3 is 6.03 Å². The van der Waals surface area contributed by atoms with Crippen LogP contribution in [0.4, 0.5) is 4.79 Å². The van der Waals surface area contributed by atoms with Crippen molar-refractivity contribution in [2.75, 3.05) is 26.3 Å². The van der Waals surface area contributed by atoms with E-state index in [1.54, 1.807) is 6.20 Å². The van der Waals surface area contributed by atoms with E-state index in [0.717, 1.165) is 35.7 Å². The summed E-state index contributed by atoms with van der Waals surface area (Å²) >= 11 is 6.27. The second kappa shape index (κ2) is 8.13. The maximum atomic E-state index is 12.5. The second-order valence-electron chi connectivity index (χ2n) is 8.82. The number of piperidine rings is 1. The number of halogens is 1. The minimum atomic E-state index is -0.678. The van der Waals surface area contributed by atoms with Crippen LogP contribution >= 0.6 is 11.6 Å². The molecule has 0 spiro atoms. The van der Waals surface area contributed by atoms with Crippen molar-refractivity contribution in [2.24, 2.45) is 11.3 Å². The summed E-state index contributed by atoms with van der Waals surface area (Å²) in [6, 6.07) is 3.77. The molecule has 2 aliphatic heterocycles. The highest BCUT2D eigenvalue weighted by Gasteiger charge is 2.40. The Balaban J connectivity index is 1.42. The van der Waals surface area contributed by atoms with Crippen LogP contribution in [0.2, 0.25) is 5.02 Å². The van der Waals surface area contributed by atoms with Crippen LogP contribution in [0.3, 0.4) is 0 Å². The van der Waals surface area contributed by atoms with Crippen LogP contribution in [0.1, 0.15) is 44.8 Å². The fourth-order valence-electron chi connectivity index (χ4n) is 4.63. The third-order valence-electron chi connectivity index (χ3n) is 6.65. The van der Waals surface area contributed by atoms with E-state index in [2.05, 4.69) is 29.4 Å². The Bertz CT molecular complexity index is 870. The van der Waals surface area contributed by atoms with Crippen LogP contribution in [0.5, 0.6) is 0 Å². The monoisotopic (exact) mass is 420 g/mol. The van der Waals surface area contributed by atoms with Gasteiger partial charge in [0.2, 0.25) is 0 Å². The standard InChI is InChI=1S/C21H29ClN4O3/c1-21(2,19(27)16-9-14(22)10-18-17(16)11-23-25-18)13-3-6-26(7-4-13)20(28)24-15-5-8-29-12-15/h9-11,13,15,19,27H,3-8,12H2,1-2H3,(H,23,25)(H,24,28). The number of aromatic nitrogens is 2. The summed E-state index contributed by atoms with van der Waals surface area (Å²) in [6.45, 7) is 6.89. The molecule has 2 aliphatic rings. The van der Waals surface area contributed by atoms with Crippen molar-refractivity contribution < 1.29 is 14.6 Å². The first-order chi connectivity index (χ1) is 13.9. The predicted molar refractivity (Wildman–Crippen MR) is 112 cm³/mol. The zero-order chi connectivity index (χ0) is 20.6. The van der Waals surface area contributed by atoms with Crippen LogP contribution < -0.4 is 5.32 Å². The van der Waals surface area contributed by atoms with Crippen molar-refractivity contribution in [3.8, 4) is 0 Å². The SMILES string of the molecule is CC(C)(C1CCN(C(=O)NC2CCOC2)CC1)C(O)c1cc(Cl)cc2[nH]ncc12. The Morgan fingerprint density at radius 3 is 2.83 bits per heavy atom. The maximum absolute atomic E-state index is 12.5. The number of aliphatic hydroxyl groups is 1. The summed E-state index contributed by atoms with van der Waals surface area (Å²) in [4.78, 5) is 14.4. The van der Waals surface area contributed by atoms with Crippen LogP contribution in [0.25, 0.3) is 10.9 Å². The van der Waals surface area contributed by atoms with Gasteiger partial charge in [-0.2, -0.15) is 5.10 Å². The van der Waals surface area contributed by atoms with Gasteiger partial charge in [0.05, 0.1) is 30.5 Å². The summed E-state index contributed by atoms with van der Waals surface area (Å²) in [5.74, 6) is 0.289. The summed E-state index contributed by atoms with van der Waals surface area (Å²) in [5, 5.41) is 22.9. The van der Waals surface area contributed by atoms with Crippen molar-refractivity contribution in [1.82, 2.24) is 20.4 Å². The molecule has 3 N–H and O–H groups in total.